The van der Waals surface area contributed by atoms with Crippen LogP contribution in [0.3, 0.4) is 0 Å². The van der Waals surface area contributed by atoms with Gasteiger partial charge in [-0.15, -0.1) is 0 Å². The molecule has 4 heteroatoms. The highest BCUT2D eigenvalue weighted by Gasteiger charge is 2.19. The first-order valence-corrected chi connectivity index (χ1v) is 8.20. The van der Waals surface area contributed by atoms with Crippen LogP contribution < -0.4 is 15.0 Å². The number of ether oxygens (including phenoxy) is 1. The Labute approximate surface area is 128 Å². The van der Waals surface area contributed by atoms with Gasteiger partial charge in [-0.25, -0.2) is 0 Å². The molecular formula is C17H27N3O. The number of nitrogens with zero attached hydrogens (tertiary/aromatic N) is 2. The zero-order valence-corrected chi connectivity index (χ0v) is 13.1. The van der Waals surface area contributed by atoms with Crippen molar-refractivity contribution in [3.8, 4) is 5.75 Å². The molecule has 2 fully saturated rings. The standard InChI is InChI=1S/C17H27N3O/c1-21-17-6-4-16(5-7-17)20-13-11-19(12-14-20)10-8-15-3-2-9-18-15/h4-7,15,18H,2-3,8-14H2,1H3. The van der Waals surface area contributed by atoms with Gasteiger partial charge in [0.15, 0.2) is 0 Å². The van der Waals surface area contributed by atoms with Crippen LogP contribution in [0.5, 0.6) is 5.75 Å². The van der Waals surface area contributed by atoms with Crippen molar-refractivity contribution in [3.63, 3.8) is 0 Å². The van der Waals surface area contributed by atoms with Crippen molar-refractivity contribution in [2.24, 2.45) is 0 Å². The zero-order chi connectivity index (χ0) is 14.5. The Morgan fingerprint density at radius 1 is 1.14 bits per heavy atom. The Morgan fingerprint density at radius 3 is 2.52 bits per heavy atom. The summed E-state index contributed by atoms with van der Waals surface area (Å²) in [6, 6.07) is 9.19. The molecule has 1 aromatic carbocycles. The molecule has 0 aliphatic carbocycles. The number of benzene rings is 1. The summed E-state index contributed by atoms with van der Waals surface area (Å²) in [5, 5.41) is 3.59. The number of hydrogen-bond acceptors (Lipinski definition) is 4. The fourth-order valence-corrected chi connectivity index (χ4v) is 3.36. The van der Waals surface area contributed by atoms with Gasteiger partial charge in [0.2, 0.25) is 0 Å². The quantitative estimate of drug-likeness (QED) is 0.897. The first-order chi connectivity index (χ1) is 10.3. The van der Waals surface area contributed by atoms with E-state index in [2.05, 4.69) is 27.2 Å². The number of hydrogen-bond donors (Lipinski definition) is 1. The smallest absolute Gasteiger partial charge is 0.119 e. The van der Waals surface area contributed by atoms with Crippen LogP contribution in [0, 0.1) is 0 Å². The number of rotatable bonds is 5. The van der Waals surface area contributed by atoms with Crippen molar-refractivity contribution in [3.05, 3.63) is 24.3 Å². The third-order valence-electron chi connectivity index (χ3n) is 4.77. The lowest BCUT2D eigenvalue weighted by Crippen LogP contribution is -2.47. The van der Waals surface area contributed by atoms with Crippen LogP contribution in [0.4, 0.5) is 5.69 Å². The summed E-state index contributed by atoms with van der Waals surface area (Å²) in [4.78, 5) is 5.09. The maximum atomic E-state index is 5.22. The minimum Gasteiger partial charge on any atom is -0.497 e. The minimum atomic E-state index is 0.768. The molecule has 0 bridgehead atoms. The monoisotopic (exact) mass is 289 g/mol. The van der Waals surface area contributed by atoms with Crippen LogP contribution in [0.1, 0.15) is 19.3 Å². The second kappa shape index (κ2) is 7.14. The lowest BCUT2D eigenvalue weighted by molar-refractivity contribution is 0.245. The van der Waals surface area contributed by atoms with Crippen molar-refractivity contribution in [1.29, 1.82) is 0 Å². The lowest BCUT2D eigenvalue weighted by Gasteiger charge is -2.36. The summed E-state index contributed by atoms with van der Waals surface area (Å²) in [5.74, 6) is 0.932. The van der Waals surface area contributed by atoms with Gasteiger partial charge in [-0.3, -0.25) is 4.90 Å². The van der Waals surface area contributed by atoms with E-state index in [0.29, 0.717) is 0 Å². The molecule has 4 nitrogen and oxygen atoms in total. The van der Waals surface area contributed by atoms with E-state index < -0.39 is 0 Å². The fourth-order valence-electron chi connectivity index (χ4n) is 3.36. The van der Waals surface area contributed by atoms with Crippen LogP contribution in [0.25, 0.3) is 0 Å². The van der Waals surface area contributed by atoms with E-state index in [1.165, 1.54) is 51.1 Å². The highest BCUT2D eigenvalue weighted by Crippen LogP contribution is 2.20. The summed E-state index contributed by atoms with van der Waals surface area (Å²) in [6.07, 6.45) is 4.03. The van der Waals surface area contributed by atoms with Crippen LogP contribution >= 0.6 is 0 Å². The molecular weight excluding hydrogens is 262 g/mol. The Kier molecular flexibility index (Phi) is 4.99. The predicted molar refractivity (Wildman–Crippen MR) is 87.3 cm³/mol. The van der Waals surface area contributed by atoms with Gasteiger partial charge in [0.05, 0.1) is 7.11 Å². The molecule has 21 heavy (non-hydrogen) atoms. The van der Waals surface area contributed by atoms with Gasteiger partial charge in [-0.05, 0) is 56.6 Å². The van der Waals surface area contributed by atoms with Crippen molar-refractivity contribution < 1.29 is 4.74 Å². The fraction of sp³-hybridized carbons (Fsp3) is 0.647. The Bertz CT molecular complexity index is 420. The maximum Gasteiger partial charge on any atom is 0.119 e. The van der Waals surface area contributed by atoms with Crippen LogP contribution in [-0.2, 0) is 0 Å². The first kappa shape index (κ1) is 14.7. The van der Waals surface area contributed by atoms with Crippen LogP contribution in [-0.4, -0.2) is 57.3 Å². The van der Waals surface area contributed by atoms with Crippen molar-refractivity contribution in [2.75, 3.05) is 51.3 Å². The highest BCUT2D eigenvalue weighted by molar-refractivity contribution is 5.49. The number of anilines is 1. The minimum absolute atomic E-state index is 0.768. The van der Waals surface area contributed by atoms with Crippen molar-refractivity contribution in [2.45, 2.75) is 25.3 Å². The molecule has 116 valence electrons. The first-order valence-electron chi connectivity index (χ1n) is 8.20. The third kappa shape index (κ3) is 3.89. The van der Waals surface area contributed by atoms with Gasteiger partial charge in [0.1, 0.15) is 5.75 Å². The Hall–Kier alpha value is -1.26. The van der Waals surface area contributed by atoms with Gasteiger partial charge in [0.25, 0.3) is 0 Å². The third-order valence-corrected chi connectivity index (χ3v) is 4.77. The number of piperazine rings is 1. The molecule has 0 amide bonds. The van der Waals surface area contributed by atoms with Crippen LogP contribution in [0.2, 0.25) is 0 Å². The summed E-state index contributed by atoms with van der Waals surface area (Å²) in [7, 11) is 1.72. The normalized spacial score (nSPS) is 23.5. The molecule has 0 aromatic heterocycles. The average Bonchev–Trinajstić information content (AvgIpc) is 3.07. The molecule has 1 aromatic rings. The van der Waals surface area contributed by atoms with E-state index in [4.69, 9.17) is 4.74 Å². The van der Waals surface area contributed by atoms with Crippen molar-refractivity contribution in [1.82, 2.24) is 10.2 Å². The maximum absolute atomic E-state index is 5.22. The van der Waals surface area contributed by atoms with Crippen molar-refractivity contribution >= 4 is 5.69 Å². The Morgan fingerprint density at radius 2 is 1.90 bits per heavy atom. The summed E-state index contributed by atoms with van der Waals surface area (Å²) >= 11 is 0. The summed E-state index contributed by atoms with van der Waals surface area (Å²) in [5.41, 5.74) is 1.31. The molecule has 0 spiro atoms. The van der Waals surface area contributed by atoms with Gasteiger partial charge < -0.3 is 15.0 Å². The van der Waals surface area contributed by atoms with Gasteiger partial charge in [-0.1, -0.05) is 0 Å². The average molecular weight is 289 g/mol. The summed E-state index contributed by atoms with van der Waals surface area (Å²) < 4.78 is 5.22. The number of methoxy groups -OCH3 is 1. The van der Waals surface area contributed by atoms with E-state index in [1.54, 1.807) is 7.11 Å². The van der Waals surface area contributed by atoms with Crippen LogP contribution in [0.15, 0.2) is 24.3 Å². The zero-order valence-electron chi connectivity index (χ0n) is 13.1. The highest BCUT2D eigenvalue weighted by atomic mass is 16.5. The second-order valence-electron chi connectivity index (χ2n) is 6.11. The molecule has 0 radical (unpaired) electrons. The SMILES string of the molecule is COc1ccc(N2CCN(CCC3CCCN3)CC2)cc1. The lowest BCUT2D eigenvalue weighted by atomic mass is 10.1. The Balaban J connectivity index is 1.43. The molecule has 1 unspecified atom stereocenters. The van der Waals surface area contributed by atoms with Gasteiger partial charge >= 0.3 is 0 Å². The van der Waals surface area contributed by atoms with E-state index in [-0.39, 0.29) is 0 Å². The molecule has 2 aliphatic rings. The topological polar surface area (TPSA) is 27.7 Å². The van der Waals surface area contributed by atoms with Gasteiger partial charge in [0, 0.05) is 37.9 Å². The predicted octanol–water partition coefficient (Wildman–Crippen LogP) is 1.96. The molecule has 2 saturated heterocycles. The summed E-state index contributed by atoms with van der Waals surface area (Å²) in [6.45, 7) is 7.08. The molecule has 1 atom stereocenters. The molecule has 2 aliphatic heterocycles. The van der Waals surface area contributed by atoms with Gasteiger partial charge in [-0.2, -0.15) is 0 Å². The van der Waals surface area contributed by atoms with E-state index in [1.807, 2.05) is 12.1 Å². The van der Waals surface area contributed by atoms with E-state index in [0.717, 1.165) is 24.9 Å². The van der Waals surface area contributed by atoms with E-state index >= 15 is 0 Å². The largest absolute Gasteiger partial charge is 0.497 e. The molecule has 2 heterocycles. The number of nitrogens with one attached hydrogen (secondary N) is 1. The molecule has 3 rings (SSSR count). The molecule has 0 saturated carbocycles. The second-order valence-corrected chi connectivity index (χ2v) is 6.11. The van der Waals surface area contributed by atoms with E-state index in [9.17, 15) is 0 Å². The molecule has 1 N–H and O–H groups in total.